The Labute approximate surface area is 154 Å². The molecule has 2 heterocycles. The minimum absolute atomic E-state index is 0.000477. The SMILES string of the molecule is Cc1ccc(NC(=O)CN2CCCC[C@H]2c2nnc(C3CCC3)o2)cc1. The number of hydrogen-bond acceptors (Lipinski definition) is 5. The zero-order chi connectivity index (χ0) is 17.9. The van der Waals surface area contributed by atoms with Crippen molar-refractivity contribution in [3.63, 3.8) is 0 Å². The first-order valence-electron chi connectivity index (χ1n) is 9.63. The van der Waals surface area contributed by atoms with Gasteiger partial charge in [-0.25, -0.2) is 0 Å². The minimum Gasteiger partial charge on any atom is -0.423 e. The summed E-state index contributed by atoms with van der Waals surface area (Å²) in [5, 5.41) is 11.5. The molecule has 0 spiro atoms. The van der Waals surface area contributed by atoms with Gasteiger partial charge in [0.1, 0.15) is 0 Å². The van der Waals surface area contributed by atoms with E-state index in [1.54, 1.807) is 0 Å². The Morgan fingerprint density at radius 3 is 2.62 bits per heavy atom. The average molecular weight is 354 g/mol. The number of carbonyl (C=O) groups excluding carboxylic acids is 1. The summed E-state index contributed by atoms with van der Waals surface area (Å²) in [4.78, 5) is 14.7. The number of aryl methyl sites for hydroxylation is 1. The van der Waals surface area contributed by atoms with E-state index in [1.165, 1.54) is 12.0 Å². The number of nitrogens with zero attached hydrogens (tertiary/aromatic N) is 3. The molecular weight excluding hydrogens is 328 g/mol. The van der Waals surface area contributed by atoms with Gasteiger partial charge in [0.15, 0.2) is 0 Å². The van der Waals surface area contributed by atoms with Crippen LogP contribution in [0.25, 0.3) is 0 Å². The molecule has 1 atom stereocenters. The lowest BCUT2D eigenvalue weighted by molar-refractivity contribution is -0.118. The highest BCUT2D eigenvalue weighted by molar-refractivity contribution is 5.92. The van der Waals surface area contributed by atoms with Crippen LogP contribution in [0.3, 0.4) is 0 Å². The maximum absolute atomic E-state index is 12.5. The molecular formula is C20H26N4O2. The van der Waals surface area contributed by atoms with Crippen LogP contribution in [0.4, 0.5) is 5.69 Å². The maximum Gasteiger partial charge on any atom is 0.238 e. The average Bonchev–Trinajstić information content (AvgIpc) is 3.05. The van der Waals surface area contributed by atoms with Gasteiger partial charge in [0.05, 0.1) is 12.6 Å². The third kappa shape index (κ3) is 3.80. The van der Waals surface area contributed by atoms with Crippen LogP contribution in [0.2, 0.25) is 0 Å². The van der Waals surface area contributed by atoms with E-state index in [0.717, 1.165) is 50.2 Å². The number of likely N-dealkylation sites (tertiary alicyclic amines) is 1. The fourth-order valence-corrected chi connectivity index (χ4v) is 3.68. The van der Waals surface area contributed by atoms with Gasteiger partial charge in [-0.2, -0.15) is 0 Å². The first-order chi connectivity index (χ1) is 12.7. The molecule has 1 aromatic carbocycles. The summed E-state index contributed by atoms with van der Waals surface area (Å²) in [7, 11) is 0. The number of benzene rings is 1. The molecule has 2 aromatic rings. The Morgan fingerprint density at radius 2 is 1.88 bits per heavy atom. The molecule has 0 bridgehead atoms. The van der Waals surface area contributed by atoms with Crippen molar-refractivity contribution in [1.82, 2.24) is 15.1 Å². The molecule has 1 amide bonds. The summed E-state index contributed by atoms with van der Waals surface area (Å²) in [6.07, 6.45) is 6.73. The normalized spacial score (nSPS) is 21.3. The van der Waals surface area contributed by atoms with Gasteiger partial charge in [0.2, 0.25) is 17.7 Å². The molecule has 6 heteroatoms. The van der Waals surface area contributed by atoms with Crippen LogP contribution >= 0.6 is 0 Å². The van der Waals surface area contributed by atoms with Crippen LogP contribution < -0.4 is 5.32 Å². The Balaban J connectivity index is 1.41. The zero-order valence-electron chi connectivity index (χ0n) is 15.3. The van der Waals surface area contributed by atoms with Crippen molar-refractivity contribution in [2.24, 2.45) is 0 Å². The van der Waals surface area contributed by atoms with E-state index in [2.05, 4.69) is 20.4 Å². The fraction of sp³-hybridized carbons (Fsp3) is 0.550. The van der Waals surface area contributed by atoms with Crippen LogP contribution in [0, 0.1) is 6.92 Å². The molecule has 1 saturated carbocycles. The highest BCUT2D eigenvalue weighted by atomic mass is 16.4. The van der Waals surface area contributed by atoms with E-state index in [0.29, 0.717) is 18.4 Å². The predicted molar refractivity (Wildman–Crippen MR) is 98.9 cm³/mol. The summed E-state index contributed by atoms with van der Waals surface area (Å²) in [5.41, 5.74) is 2.01. The molecule has 4 rings (SSSR count). The second-order valence-electron chi connectivity index (χ2n) is 7.50. The van der Waals surface area contributed by atoms with Crippen molar-refractivity contribution >= 4 is 11.6 Å². The molecule has 1 saturated heterocycles. The largest absolute Gasteiger partial charge is 0.423 e. The number of amides is 1. The van der Waals surface area contributed by atoms with E-state index in [1.807, 2.05) is 31.2 Å². The third-order valence-corrected chi connectivity index (χ3v) is 5.49. The molecule has 2 aliphatic rings. The smallest absolute Gasteiger partial charge is 0.238 e. The lowest BCUT2D eigenvalue weighted by atomic mass is 9.85. The van der Waals surface area contributed by atoms with Crippen LogP contribution in [0.1, 0.15) is 67.8 Å². The van der Waals surface area contributed by atoms with E-state index < -0.39 is 0 Å². The topological polar surface area (TPSA) is 71.3 Å². The lowest BCUT2D eigenvalue weighted by Crippen LogP contribution is -2.39. The lowest BCUT2D eigenvalue weighted by Gasteiger charge is -2.32. The Morgan fingerprint density at radius 1 is 1.12 bits per heavy atom. The van der Waals surface area contributed by atoms with E-state index >= 15 is 0 Å². The number of nitrogens with one attached hydrogen (secondary N) is 1. The van der Waals surface area contributed by atoms with Crippen LogP contribution in [0.5, 0.6) is 0 Å². The Kier molecular flexibility index (Phi) is 5.02. The van der Waals surface area contributed by atoms with E-state index in [-0.39, 0.29) is 11.9 Å². The van der Waals surface area contributed by atoms with Crippen molar-refractivity contribution in [2.75, 3.05) is 18.4 Å². The van der Waals surface area contributed by atoms with Gasteiger partial charge < -0.3 is 9.73 Å². The second kappa shape index (κ2) is 7.58. The molecule has 1 aromatic heterocycles. The van der Waals surface area contributed by atoms with E-state index in [4.69, 9.17) is 4.42 Å². The molecule has 2 fully saturated rings. The zero-order valence-corrected chi connectivity index (χ0v) is 15.3. The van der Waals surface area contributed by atoms with Crippen molar-refractivity contribution in [1.29, 1.82) is 0 Å². The maximum atomic E-state index is 12.5. The second-order valence-corrected chi connectivity index (χ2v) is 7.50. The number of rotatable bonds is 5. The molecule has 1 N–H and O–H groups in total. The molecule has 1 aliphatic carbocycles. The number of piperidine rings is 1. The molecule has 1 aliphatic heterocycles. The summed E-state index contributed by atoms with van der Waals surface area (Å²) in [6, 6.07) is 7.92. The highest BCUT2D eigenvalue weighted by Gasteiger charge is 2.32. The quantitative estimate of drug-likeness (QED) is 0.884. The van der Waals surface area contributed by atoms with Crippen molar-refractivity contribution in [2.45, 2.75) is 57.4 Å². The summed E-state index contributed by atoms with van der Waals surface area (Å²) in [6.45, 7) is 3.26. The van der Waals surface area contributed by atoms with E-state index in [9.17, 15) is 4.79 Å². The van der Waals surface area contributed by atoms with Gasteiger partial charge >= 0.3 is 0 Å². The van der Waals surface area contributed by atoms with Gasteiger partial charge in [-0.05, 0) is 51.3 Å². The van der Waals surface area contributed by atoms with Crippen LogP contribution in [0.15, 0.2) is 28.7 Å². The van der Waals surface area contributed by atoms with Gasteiger partial charge in [-0.1, -0.05) is 30.5 Å². The highest BCUT2D eigenvalue weighted by Crippen LogP contribution is 2.37. The van der Waals surface area contributed by atoms with Gasteiger partial charge in [-0.15, -0.1) is 10.2 Å². The number of anilines is 1. The Bertz CT molecular complexity index is 751. The number of carbonyl (C=O) groups is 1. The first-order valence-corrected chi connectivity index (χ1v) is 9.63. The number of hydrogen-bond donors (Lipinski definition) is 1. The van der Waals surface area contributed by atoms with Gasteiger partial charge in [0, 0.05) is 11.6 Å². The Hall–Kier alpha value is -2.21. The fourth-order valence-electron chi connectivity index (χ4n) is 3.68. The third-order valence-electron chi connectivity index (χ3n) is 5.49. The molecule has 138 valence electrons. The van der Waals surface area contributed by atoms with Crippen molar-refractivity contribution < 1.29 is 9.21 Å². The van der Waals surface area contributed by atoms with Crippen LogP contribution in [-0.2, 0) is 4.79 Å². The molecule has 6 nitrogen and oxygen atoms in total. The van der Waals surface area contributed by atoms with Gasteiger partial charge in [0.25, 0.3) is 0 Å². The first kappa shape index (κ1) is 17.2. The summed E-state index contributed by atoms with van der Waals surface area (Å²) >= 11 is 0. The predicted octanol–water partition coefficient (Wildman–Crippen LogP) is 3.81. The van der Waals surface area contributed by atoms with Gasteiger partial charge in [-0.3, -0.25) is 9.69 Å². The standard InChI is InChI=1S/C20H26N4O2/c1-14-8-10-16(11-9-14)21-18(25)13-24-12-3-2-7-17(24)20-23-22-19(26-20)15-5-4-6-15/h8-11,15,17H,2-7,12-13H2,1H3,(H,21,25)/t17-/m0/s1. The minimum atomic E-state index is -0.000477. The molecule has 0 unspecified atom stereocenters. The summed E-state index contributed by atoms with van der Waals surface area (Å²) < 4.78 is 5.97. The molecule has 0 radical (unpaired) electrons. The molecule has 26 heavy (non-hydrogen) atoms. The van der Waals surface area contributed by atoms with Crippen molar-refractivity contribution in [3.05, 3.63) is 41.6 Å². The van der Waals surface area contributed by atoms with Crippen molar-refractivity contribution in [3.8, 4) is 0 Å². The van der Waals surface area contributed by atoms with Crippen LogP contribution in [-0.4, -0.2) is 34.1 Å². The summed E-state index contributed by atoms with van der Waals surface area (Å²) in [5.74, 6) is 1.90. The number of aromatic nitrogens is 2. The monoisotopic (exact) mass is 354 g/mol.